The number of benzene rings is 1. The van der Waals surface area contributed by atoms with Crippen molar-refractivity contribution in [3.8, 4) is 5.75 Å². The van der Waals surface area contributed by atoms with Crippen LogP contribution in [-0.4, -0.2) is 18.8 Å². The minimum absolute atomic E-state index is 0.176. The van der Waals surface area contributed by atoms with Crippen molar-refractivity contribution in [1.82, 2.24) is 0 Å². The maximum absolute atomic E-state index is 6.17. The zero-order valence-corrected chi connectivity index (χ0v) is 11.6. The first-order valence-electron chi connectivity index (χ1n) is 7.39. The van der Waals surface area contributed by atoms with E-state index < -0.39 is 0 Å². The lowest BCUT2D eigenvalue weighted by atomic mass is 9.88. The fraction of sp³-hybridized carbons (Fsp3) is 0.625. The molecule has 1 aromatic carbocycles. The number of hydrogen-bond acceptors (Lipinski definition) is 3. The summed E-state index contributed by atoms with van der Waals surface area (Å²) in [5.74, 6) is 0.930. The molecule has 1 aliphatic carbocycles. The van der Waals surface area contributed by atoms with Crippen LogP contribution in [0.4, 0.5) is 0 Å². The molecule has 2 aliphatic rings. The summed E-state index contributed by atoms with van der Waals surface area (Å²) in [6.07, 6.45) is 6.30. The van der Waals surface area contributed by atoms with Gasteiger partial charge in [0.2, 0.25) is 0 Å². The maximum atomic E-state index is 6.17. The normalized spacial score (nSPS) is 30.1. The molecule has 3 unspecified atom stereocenters. The van der Waals surface area contributed by atoms with E-state index in [-0.39, 0.29) is 12.1 Å². The van der Waals surface area contributed by atoms with Gasteiger partial charge in [0, 0.05) is 6.04 Å². The highest BCUT2D eigenvalue weighted by molar-refractivity contribution is 5.39. The fourth-order valence-electron chi connectivity index (χ4n) is 3.10. The quantitative estimate of drug-likeness (QED) is 0.909. The van der Waals surface area contributed by atoms with Gasteiger partial charge in [0.15, 0.2) is 0 Å². The summed E-state index contributed by atoms with van der Waals surface area (Å²) >= 11 is 0. The number of aryl methyl sites for hydroxylation is 1. The molecule has 104 valence electrons. The first-order valence-corrected chi connectivity index (χ1v) is 7.39. The van der Waals surface area contributed by atoms with Gasteiger partial charge in [-0.3, -0.25) is 0 Å². The molecule has 1 aromatic rings. The highest BCUT2D eigenvalue weighted by Crippen LogP contribution is 2.31. The van der Waals surface area contributed by atoms with Crippen molar-refractivity contribution in [3.63, 3.8) is 0 Å². The molecule has 1 saturated heterocycles. The van der Waals surface area contributed by atoms with Crippen LogP contribution in [0.15, 0.2) is 18.2 Å². The van der Waals surface area contributed by atoms with E-state index >= 15 is 0 Å². The van der Waals surface area contributed by atoms with Crippen molar-refractivity contribution >= 4 is 0 Å². The summed E-state index contributed by atoms with van der Waals surface area (Å²) < 4.78 is 11.6. The lowest BCUT2D eigenvalue weighted by Gasteiger charge is -2.23. The largest absolute Gasteiger partial charge is 0.491 e. The highest BCUT2D eigenvalue weighted by atomic mass is 16.5. The Balaban J connectivity index is 1.63. The topological polar surface area (TPSA) is 44.5 Å². The predicted octanol–water partition coefficient (Wildman–Crippen LogP) is 2.97. The summed E-state index contributed by atoms with van der Waals surface area (Å²) in [5, 5.41) is 0. The summed E-state index contributed by atoms with van der Waals surface area (Å²) in [4.78, 5) is 0. The van der Waals surface area contributed by atoms with E-state index in [1.54, 1.807) is 0 Å². The van der Waals surface area contributed by atoms with Gasteiger partial charge < -0.3 is 15.2 Å². The zero-order valence-electron chi connectivity index (χ0n) is 11.6. The first kappa shape index (κ1) is 12.9. The second-order valence-electron chi connectivity index (χ2n) is 5.82. The van der Waals surface area contributed by atoms with Gasteiger partial charge in [-0.15, -0.1) is 0 Å². The van der Waals surface area contributed by atoms with Crippen molar-refractivity contribution in [1.29, 1.82) is 0 Å². The van der Waals surface area contributed by atoms with Crippen LogP contribution in [0, 0.1) is 0 Å². The van der Waals surface area contributed by atoms with Crippen molar-refractivity contribution < 1.29 is 9.47 Å². The Hall–Kier alpha value is -1.06. The van der Waals surface area contributed by atoms with Gasteiger partial charge in [-0.25, -0.2) is 0 Å². The monoisotopic (exact) mass is 261 g/mol. The standard InChI is InChI=1S/C16H23NO2/c1-11-5-7-14(19-11)10-18-13-8-6-12-3-2-4-16(17)15(12)9-13/h6,8-9,11,14,16H,2-5,7,10,17H2,1H3. The molecule has 1 aliphatic heterocycles. The molecule has 3 atom stereocenters. The van der Waals surface area contributed by atoms with Crippen molar-refractivity contribution in [2.45, 2.75) is 57.3 Å². The zero-order chi connectivity index (χ0) is 13.2. The molecule has 0 aromatic heterocycles. The molecule has 1 heterocycles. The molecular formula is C16H23NO2. The molecule has 0 saturated carbocycles. The summed E-state index contributed by atoms with van der Waals surface area (Å²) in [5.41, 5.74) is 8.83. The third-order valence-corrected chi connectivity index (χ3v) is 4.23. The number of hydrogen-bond donors (Lipinski definition) is 1. The summed E-state index contributed by atoms with van der Waals surface area (Å²) in [6.45, 7) is 2.77. The van der Waals surface area contributed by atoms with Gasteiger partial charge in [-0.2, -0.15) is 0 Å². The molecule has 3 nitrogen and oxygen atoms in total. The highest BCUT2D eigenvalue weighted by Gasteiger charge is 2.22. The minimum Gasteiger partial charge on any atom is -0.491 e. The second kappa shape index (κ2) is 5.51. The van der Waals surface area contributed by atoms with Gasteiger partial charge in [0.25, 0.3) is 0 Å². The average molecular weight is 261 g/mol. The van der Waals surface area contributed by atoms with Crippen LogP contribution in [0.3, 0.4) is 0 Å². The van der Waals surface area contributed by atoms with Crippen LogP contribution in [0.5, 0.6) is 5.75 Å². The first-order chi connectivity index (χ1) is 9.22. The molecule has 3 rings (SSSR count). The molecule has 0 radical (unpaired) electrons. The van der Waals surface area contributed by atoms with Crippen LogP contribution < -0.4 is 10.5 Å². The third kappa shape index (κ3) is 2.93. The maximum Gasteiger partial charge on any atom is 0.119 e. The van der Waals surface area contributed by atoms with Crippen LogP contribution in [0.1, 0.15) is 49.8 Å². The van der Waals surface area contributed by atoms with E-state index in [1.807, 2.05) is 0 Å². The van der Waals surface area contributed by atoms with Crippen LogP contribution >= 0.6 is 0 Å². The molecule has 3 heteroatoms. The van der Waals surface area contributed by atoms with Crippen LogP contribution in [-0.2, 0) is 11.2 Å². The predicted molar refractivity (Wildman–Crippen MR) is 75.4 cm³/mol. The Morgan fingerprint density at radius 1 is 1.32 bits per heavy atom. The van der Waals surface area contributed by atoms with Crippen molar-refractivity contribution in [2.75, 3.05) is 6.61 Å². The Morgan fingerprint density at radius 2 is 2.21 bits per heavy atom. The van der Waals surface area contributed by atoms with Gasteiger partial charge in [-0.05, 0) is 62.3 Å². The molecule has 0 spiro atoms. The minimum atomic E-state index is 0.176. The Bertz CT molecular complexity index is 446. The molecule has 0 bridgehead atoms. The lowest BCUT2D eigenvalue weighted by molar-refractivity contribution is 0.0264. The third-order valence-electron chi connectivity index (χ3n) is 4.23. The number of nitrogens with two attached hydrogens (primary N) is 1. The Kier molecular flexibility index (Phi) is 3.76. The molecule has 1 fully saturated rings. The van der Waals surface area contributed by atoms with E-state index in [9.17, 15) is 0 Å². The van der Waals surface area contributed by atoms with Gasteiger partial charge >= 0.3 is 0 Å². The van der Waals surface area contributed by atoms with Crippen molar-refractivity contribution in [2.24, 2.45) is 5.73 Å². The van der Waals surface area contributed by atoms with Crippen molar-refractivity contribution in [3.05, 3.63) is 29.3 Å². The Morgan fingerprint density at radius 3 is 3.00 bits per heavy atom. The SMILES string of the molecule is CC1CCC(COc2ccc3c(c2)C(N)CCC3)O1. The summed E-state index contributed by atoms with van der Waals surface area (Å²) in [7, 11) is 0. The van der Waals surface area contributed by atoms with E-state index in [4.69, 9.17) is 15.2 Å². The van der Waals surface area contributed by atoms with Gasteiger partial charge in [-0.1, -0.05) is 6.07 Å². The lowest BCUT2D eigenvalue weighted by Crippen LogP contribution is -2.19. The molecule has 0 amide bonds. The second-order valence-corrected chi connectivity index (χ2v) is 5.82. The number of ether oxygens (including phenoxy) is 2. The number of rotatable bonds is 3. The van der Waals surface area contributed by atoms with Crippen LogP contribution in [0.2, 0.25) is 0 Å². The van der Waals surface area contributed by atoms with Crippen LogP contribution in [0.25, 0.3) is 0 Å². The van der Waals surface area contributed by atoms with Gasteiger partial charge in [0.05, 0.1) is 12.2 Å². The molecule has 19 heavy (non-hydrogen) atoms. The smallest absolute Gasteiger partial charge is 0.119 e. The Labute approximate surface area is 115 Å². The van der Waals surface area contributed by atoms with E-state index in [1.165, 1.54) is 17.5 Å². The molecule has 2 N–H and O–H groups in total. The molecular weight excluding hydrogens is 238 g/mol. The average Bonchev–Trinajstić information content (AvgIpc) is 2.83. The van der Waals surface area contributed by atoms with E-state index in [2.05, 4.69) is 25.1 Å². The van der Waals surface area contributed by atoms with Gasteiger partial charge in [0.1, 0.15) is 12.4 Å². The summed E-state index contributed by atoms with van der Waals surface area (Å²) in [6, 6.07) is 6.53. The fourth-order valence-corrected chi connectivity index (χ4v) is 3.10. The number of fused-ring (bicyclic) bond motifs is 1. The van der Waals surface area contributed by atoms with E-state index in [0.717, 1.165) is 31.4 Å². The van der Waals surface area contributed by atoms with E-state index in [0.29, 0.717) is 12.7 Å².